The van der Waals surface area contributed by atoms with E-state index in [0.717, 1.165) is 27.6 Å². The number of phenolic OH excluding ortho intramolecular Hbond substituents is 1. The van der Waals surface area contributed by atoms with Crippen molar-refractivity contribution >= 4 is 22.6 Å². The molecule has 2 aromatic rings. The van der Waals surface area contributed by atoms with Crippen molar-refractivity contribution in [1.82, 2.24) is 0 Å². The molecule has 26 heavy (non-hydrogen) atoms. The number of hydrogen-bond donors (Lipinski definition) is 1. The Kier molecular flexibility index (Phi) is 3.83. The van der Waals surface area contributed by atoms with E-state index in [1.807, 2.05) is 6.07 Å². The summed E-state index contributed by atoms with van der Waals surface area (Å²) in [6.45, 7) is 2.50. The minimum Gasteiger partial charge on any atom is -0.507 e. The minimum absolute atomic E-state index is 0.284. The summed E-state index contributed by atoms with van der Waals surface area (Å²) < 4.78 is 6.51. The number of hydrogen-bond acceptors (Lipinski definition) is 2. The quantitative estimate of drug-likeness (QED) is 0.566. The SMILES string of the molecule is COc1ccc2c(c1)[C@@]1(C)CC[C@@H]3c4cc([125I])c(O)cc4CC[C@H]3[C@@H]1C2. The third-order valence-electron chi connectivity index (χ3n) is 7.55. The van der Waals surface area contributed by atoms with E-state index >= 15 is 0 Å². The van der Waals surface area contributed by atoms with E-state index in [2.05, 4.69) is 53.8 Å². The molecule has 0 bridgehead atoms. The Balaban J connectivity index is 1.55. The molecular formula is C23H25IO2. The summed E-state index contributed by atoms with van der Waals surface area (Å²) in [5, 5.41) is 10.1. The van der Waals surface area contributed by atoms with Gasteiger partial charge in [0.15, 0.2) is 0 Å². The van der Waals surface area contributed by atoms with E-state index in [1.165, 1.54) is 47.9 Å². The Hall–Kier alpha value is -1.23. The van der Waals surface area contributed by atoms with Crippen molar-refractivity contribution in [1.29, 1.82) is 0 Å². The molecule has 4 atom stereocenters. The fourth-order valence-electron chi connectivity index (χ4n) is 6.24. The van der Waals surface area contributed by atoms with Gasteiger partial charge in [-0.3, -0.25) is 0 Å². The summed E-state index contributed by atoms with van der Waals surface area (Å²) in [5.41, 5.74) is 6.24. The van der Waals surface area contributed by atoms with Crippen LogP contribution in [0.3, 0.4) is 0 Å². The molecular weight excluding hydrogens is 433 g/mol. The maximum Gasteiger partial charge on any atom is 0.129 e. The first-order valence-corrected chi connectivity index (χ1v) is 10.8. The summed E-state index contributed by atoms with van der Waals surface area (Å²) in [6, 6.07) is 11.0. The van der Waals surface area contributed by atoms with Gasteiger partial charge in [0.1, 0.15) is 11.5 Å². The number of halogens is 1. The fourth-order valence-corrected chi connectivity index (χ4v) is 6.73. The van der Waals surface area contributed by atoms with E-state index in [1.54, 1.807) is 7.11 Å². The topological polar surface area (TPSA) is 29.5 Å². The highest BCUT2D eigenvalue weighted by molar-refractivity contribution is 14.1. The number of rotatable bonds is 1. The molecule has 3 aliphatic rings. The molecule has 1 N–H and O–H groups in total. The third-order valence-corrected chi connectivity index (χ3v) is 8.42. The molecule has 0 amide bonds. The van der Waals surface area contributed by atoms with E-state index < -0.39 is 0 Å². The standard InChI is InChI=1S/C23H25IO2/c1-23-8-7-16-17(6-4-13-10-22(25)21(24)12-18(13)16)20(23)9-14-3-5-15(26-2)11-19(14)23/h3,5,10-12,16-17,20,25H,4,6-9H2,1-2H3/t16-,17+,20-,23+/m0/s1/i24-2. The van der Waals surface area contributed by atoms with E-state index in [0.29, 0.717) is 11.7 Å². The first-order chi connectivity index (χ1) is 12.5. The van der Waals surface area contributed by atoms with Crippen molar-refractivity contribution in [3.8, 4) is 11.5 Å². The van der Waals surface area contributed by atoms with Crippen LogP contribution in [-0.2, 0) is 18.3 Å². The van der Waals surface area contributed by atoms with Crippen LogP contribution in [0.5, 0.6) is 11.5 Å². The molecule has 136 valence electrons. The van der Waals surface area contributed by atoms with Crippen molar-refractivity contribution in [3.63, 3.8) is 0 Å². The normalized spacial score (nSPS) is 31.6. The number of benzene rings is 2. The highest BCUT2D eigenvalue weighted by Gasteiger charge is 2.52. The molecule has 0 spiro atoms. The second-order valence-corrected chi connectivity index (χ2v) is 9.76. The Morgan fingerprint density at radius 2 is 2.00 bits per heavy atom. The van der Waals surface area contributed by atoms with Crippen LogP contribution in [0.15, 0.2) is 30.3 Å². The van der Waals surface area contributed by atoms with Gasteiger partial charge in [-0.25, -0.2) is 0 Å². The lowest BCUT2D eigenvalue weighted by Gasteiger charge is -2.49. The van der Waals surface area contributed by atoms with Crippen LogP contribution in [0.2, 0.25) is 0 Å². The van der Waals surface area contributed by atoms with Gasteiger partial charge in [0, 0.05) is 0 Å². The Morgan fingerprint density at radius 1 is 1.15 bits per heavy atom. The molecule has 0 aliphatic heterocycles. The van der Waals surface area contributed by atoms with Gasteiger partial charge in [0.05, 0.1) is 10.7 Å². The largest absolute Gasteiger partial charge is 0.507 e. The van der Waals surface area contributed by atoms with Crippen LogP contribution in [0, 0.1) is 15.4 Å². The number of aromatic hydroxyl groups is 1. The molecule has 3 heteroatoms. The van der Waals surface area contributed by atoms with E-state index in [-0.39, 0.29) is 5.41 Å². The molecule has 1 saturated carbocycles. The smallest absolute Gasteiger partial charge is 0.129 e. The molecule has 2 nitrogen and oxygen atoms in total. The molecule has 1 fully saturated rings. The van der Waals surface area contributed by atoms with Gasteiger partial charge in [-0.15, -0.1) is 0 Å². The van der Waals surface area contributed by atoms with Crippen molar-refractivity contribution < 1.29 is 9.84 Å². The first-order valence-electron chi connectivity index (χ1n) is 9.70. The van der Waals surface area contributed by atoms with Gasteiger partial charge in [0.25, 0.3) is 0 Å². The van der Waals surface area contributed by atoms with Crippen LogP contribution in [0.25, 0.3) is 0 Å². The summed E-state index contributed by atoms with van der Waals surface area (Å²) in [4.78, 5) is 0. The molecule has 0 unspecified atom stereocenters. The fraction of sp³-hybridized carbons (Fsp3) is 0.478. The van der Waals surface area contributed by atoms with Crippen molar-refractivity contribution in [2.24, 2.45) is 11.8 Å². The predicted octanol–water partition coefficient (Wildman–Crippen LogP) is 5.58. The molecule has 0 aromatic heterocycles. The predicted molar refractivity (Wildman–Crippen MR) is 112 cm³/mol. The first kappa shape index (κ1) is 16.9. The van der Waals surface area contributed by atoms with Crippen LogP contribution < -0.4 is 4.74 Å². The summed E-state index contributed by atoms with van der Waals surface area (Å²) in [7, 11) is 1.77. The monoisotopic (exact) mass is 458 g/mol. The number of fused-ring (bicyclic) bond motifs is 7. The van der Waals surface area contributed by atoms with Crippen LogP contribution in [-0.4, -0.2) is 12.2 Å². The lowest BCUT2D eigenvalue weighted by molar-refractivity contribution is 0.106. The van der Waals surface area contributed by atoms with Crippen molar-refractivity contribution in [2.75, 3.05) is 7.11 Å². The number of methoxy groups -OCH3 is 1. The molecule has 0 saturated heterocycles. The van der Waals surface area contributed by atoms with Gasteiger partial charge in [-0.05, 0) is 124 Å². The number of phenols is 1. The molecule has 0 radical (unpaired) electrons. The Labute approximate surface area is 169 Å². The van der Waals surface area contributed by atoms with Gasteiger partial charge < -0.3 is 9.84 Å². The van der Waals surface area contributed by atoms with Crippen LogP contribution in [0.4, 0.5) is 0 Å². The molecule has 5 rings (SSSR count). The summed E-state index contributed by atoms with van der Waals surface area (Å²) in [5.74, 6) is 3.57. The van der Waals surface area contributed by atoms with Gasteiger partial charge >= 0.3 is 0 Å². The molecule has 2 aromatic carbocycles. The molecule has 3 aliphatic carbocycles. The average molecular weight is 458 g/mol. The lowest BCUT2D eigenvalue weighted by Crippen LogP contribution is -2.43. The lowest BCUT2D eigenvalue weighted by atomic mass is 9.55. The maximum absolute atomic E-state index is 10.1. The van der Waals surface area contributed by atoms with Gasteiger partial charge in [-0.1, -0.05) is 13.0 Å². The third kappa shape index (κ3) is 2.28. The van der Waals surface area contributed by atoms with Crippen molar-refractivity contribution in [3.05, 3.63) is 56.2 Å². The summed E-state index contributed by atoms with van der Waals surface area (Å²) >= 11 is 2.27. The minimum atomic E-state index is 0.284. The Morgan fingerprint density at radius 3 is 2.81 bits per heavy atom. The second kappa shape index (κ2) is 5.88. The van der Waals surface area contributed by atoms with Crippen molar-refractivity contribution in [2.45, 2.75) is 50.4 Å². The number of ether oxygens (including phenoxy) is 1. The zero-order valence-corrected chi connectivity index (χ0v) is 17.5. The average Bonchev–Trinajstić information content (AvgIpc) is 2.95. The summed E-state index contributed by atoms with van der Waals surface area (Å²) in [6.07, 6.45) is 6.07. The zero-order chi connectivity index (χ0) is 18.1. The van der Waals surface area contributed by atoms with E-state index in [4.69, 9.17) is 4.74 Å². The zero-order valence-electron chi connectivity index (χ0n) is 15.4. The van der Waals surface area contributed by atoms with Gasteiger partial charge in [0.2, 0.25) is 0 Å². The number of aryl methyl sites for hydroxylation is 1. The van der Waals surface area contributed by atoms with Crippen LogP contribution in [0.1, 0.15) is 54.4 Å². The second-order valence-electron chi connectivity index (χ2n) is 8.60. The molecule has 0 heterocycles. The van der Waals surface area contributed by atoms with Crippen LogP contribution >= 0.6 is 22.6 Å². The highest BCUT2D eigenvalue weighted by Crippen LogP contribution is 2.60. The van der Waals surface area contributed by atoms with E-state index in [9.17, 15) is 5.11 Å². The Bertz CT molecular complexity index is 890. The maximum atomic E-state index is 10.1. The van der Waals surface area contributed by atoms with Gasteiger partial charge in [-0.2, -0.15) is 0 Å². The highest BCUT2D eigenvalue weighted by atomic mass is 125.